The van der Waals surface area contributed by atoms with Crippen LogP contribution in [0.2, 0.25) is 0 Å². The average molecular weight is 438 g/mol. The number of carboxylic acids is 1. The fourth-order valence-electron chi connectivity index (χ4n) is 5.13. The van der Waals surface area contributed by atoms with Gasteiger partial charge in [-0.1, -0.05) is 66.7 Å². The van der Waals surface area contributed by atoms with Crippen molar-refractivity contribution in [1.82, 2.24) is 4.98 Å². The molecular formula is C29H27NO3. The van der Waals surface area contributed by atoms with Gasteiger partial charge in [-0.2, -0.15) is 0 Å². The molecule has 0 atom stereocenters. The number of rotatable bonds is 6. The number of nitrogens with one attached hydrogen (secondary N) is 1. The van der Waals surface area contributed by atoms with Crippen molar-refractivity contribution in [2.45, 2.75) is 38.0 Å². The molecule has 0 radical (unpaired) electrons. The number of carbonyl (C=O) groups is 2. The van der Waals surface area contributed by atoms with Crippen LogP contribution < -0.4 is 0 Å². The number of aromatic amines is 1. The minimum Gasteiger partial charge on any atom is -0.481 e. The molecule has 1 saturated carbocycles. The number of aromatic nitrogens is 1. The molecule has 4 aromatic rings. The van der Waals surface area contributed by atoms with E-state index >= 15 is 0 Å². The van der Waals surface area contributed by atoms with E-state index in [1.807, 2.05) is 36.4 Å². The molecule has 0 amide bonds. The number of aliphatic carboxylic acids is 1. The molecule has 1 aliphatic rings. The first-order chi connectivity index (χ1) is 16.1. The second-order valence-electron chi connectivity index (χ2n) is 9.10. The lowest BCUT2D eigenvalue weighted by atomic mass is 9.77. The van der Waals surface area contributed by atoms with Gasteiger partial charge < -0.3 is 10.1 Å². The highest BCUT2D eigenvalue weighted by atomic mass is 16.4. The summed E-state index contributed by atoms with van der Waals surface area (Å²) in [5.41, 5.74) is 5.93. The number of fused-ring (bicyclic) bond motifs is 1. The molecule has 33 heavy (non-hydrogen) atoms. The Morgan fingerprint density at radius 2 is 1.55 bits per heavy atom. The third-order valence-corrected chi connectivity index (χ3v) is 6.99. The Kier molecular flexibility index (Phi) is 5.82. The molecule has 0 unspecified atom stereocenters. The topological polar surface area (TPSA) is 70.2 Å². The van der Waals surface area contributed by atoms with Crippen LogP contribution in [0.1, 0.15) is 59.5 Å². The summed E-state index contributed by atoms with van der Waals surface area (Å²) in [6.45, 7) is 0. The van der Waals surface area contributed by atoms with E-state index in [2.05, 4.69) is 41.4 Å². The zero-order valence-electron chi connectivity index (χ0n) is 18.5. The van der Waals surface area contributed by atoms with E-state index in [1.54, 1.807) is 6.20 Å². The zero-order valence-corrected chi connectivity index (χ0v) is 18.5. The van der Waals surface area contributed by atoms with Crippen LogP contribution >= 0.6 is 0 Å². The first-order valence-corrected chi connectivity index (χ1v) is 11.6. The van der Waals surface area contributed by atoms with Gasteiger partial charge in [0.2, 0.25) is 0 Å². The fraction of sp³-hybridized carbons (Fsp3) is 0.241. The predicted octanol–water partition coefficient (Wildman–Crippen LogP) is 6.81. The van der Waals surface area contributed by atoms with Gasteiger partial charge in [0.15, 0.2) is 5.78 Å². The highest BCUT2D eigenvalue weighted by molar-refractivity contribution is 6.16. The molecule has 1 aliphatic carbocycles. The summed E-state index contributed by atoms with van der Waals surface area (Å²) in [7, 11) is 0. The molecule has 2 N–H and O–H groups in total. The summed E-state index contributed by atoms with van der Waals surface area (Å²) < 4.78 is 0. The Hall–Kier alpha value is -3.66. The maximum atomic E-state index is 12.9. The molecule has 0 saturated heterocycles. The van der Waals surface area contributed by atoms with Crippen LogP contribution in [0.4, 0.5) is 0 Å². The predicted molar refractivity (Wildman–Crippen MR) is 131 cm³/mol. The van der Waals surface area contributed by atoms with Crippen molar-refractivity contribution >= 4 is 22.7 Å². The van der Waals surface area contributed by atoms with Crippen LogP contribution in [-0.2, 0) is 4.79 Å². The first-order valence-electron chi connectivity index (χ1n) is 11.6. The highest BCUT2D eigenvalue weighted by Crippen LogP contribution is 2.38. The monoisotopic (exact) mass is 437 g/mol. The summed E-state index contributed by atoms with van der Waals surface area (Å²) in [4.78, 5) is 27.1. The Labute approximate surface area is 193 Å². The number of carbonyl (C=O) groups excluding carboxylic acids is 1. The van der Waals surface area contributed by atoms with Crippen molar-refractivity contribution < 1.29 is 14.7 Å². The summed E-state index contributed by atoms with van der Waals surface area (Å²) >= 11 is 0. The molecule has 5 rings (SSSR count). The standard InChI is InChI=1S/C29H27NO3/c31-28(32)16-19-6-8-20(9-7-19)21-10-12-22(13-11-21)24-14-15-25-26(18-30-27(25)17-24)29(33)23-4-2-1-3-5-23/h1-5,10-15,17-20,30H,6-9,16H2,(H,31,32). The minimum atomic E-state index is -0.682. The van der Waals surface area contributed by atoms with Gasteiger partial charge in [0.05, 0.1) is 0 Å². The second kappa shape index (κ2) is 9.07. The van der Waals surface area contributed by atoms with Crippen molar-refractivity contribution in [2.24, 2.45) is 5.92 Å². The second-order valence-corrected chi connectivity index (χ2v) is 9.10. The Balaban J connectivity index is 1.32. The summed E-state index contributed by atoms with van der Waals surface area (Å²) in [5, 5.41) is 9.95. The van der Waals surface area contributed by atoms with Gasteiger partial charge in [0.25, 0.3) is 0 Å². The average Bonchev–Trinajstić information content (AvgIpc) is 3.28. The normalized spacial score (nSPS) is 18.3. The number of benzene rings is 3. The molecule has 1 fully saturated rings. The van der Waals surface area contributed by atoms with E-state index in [0.29, 0.717) is 29.4 Å². The smallest absolute Gasteiger partial charge is 0.303 e. The van der Waals surface area contributed by atoms with Crippen LogP contribution in [-0.4, -0.2) is 21.8 Å². The van der Waals surface area contributed by atoms with Crippen LogP contribution in [0.5, 0.6) is 0 Å². The molecule has 4 heteroatoms. The lowest BCUT2D eigenvalue weighted by Gasteiger charge is -2.28. The zero-order chi connectivity index (χ0) is 22.8. The summed E-state index contributed by atoms with van der Waals surface area (Å²) in [6, 6.07) is 24.3. The van der Waals surface area contributed by atoms with Crippen LogP contribution in [0.15, 0.2) is 79.0 Å². The van der Waals surface area contributed by atoms with Gasteiger partial charge >= 0.3 is 5.97 Å². The number of H-pyrrole nitrogens is 1. The van der Waals surface area contributed by atoms with Gasteiger partial charge in [-0.05, 0) is 60.3 Å². The maximum Gasteiger partial charge on any atom is 0.303 e. The maximum absolute atomic E-state index is 12.9. The van der Waals surface area contributed by atoms with Crippen LogP contribution in [0, 0.1) is 5.92 Å². The van der Waals surface area contributed by atoms with Crippen molar-refractivity contribution in [3.05, 3.63) is 95.7 Å². The fourth-order valence-corrected chi connectivity index (χ4v) is 5.13. The largest absolute Gasteiger partial charge is 0.481 e. The first kappa shape index (κ1) is 21.2. The van der Waals surface area contributed by atoms with E-state index < -0.39 is 5.97 Å². The Morgan fingerprint density at radius 3 is 2.24 bits per heavy atom. The molecule has 1 aromatic heterocycles. The van der Waals surface area contributed by atoms with Gasteiger partial charge in [0.1, 0.15) is 0 Å². The summed E-state index contributed by atoms with van der Waals surface area (Å²) in [6.07, 6.45) is 6.20. The number of hydrogen-bond acceptors (Lipinski definition) is 2. The van der Waals surface area contributed by atoms with Crippen molar-refractivity contribution in [1.29, 1.82) is 0 Å². The quantitative estimate of drug-likeness (QED) is 0.325. The molecule has 4 nitrogen and oxygen atoms in total. The summed E-state index contributed by atoms with van der Waals surface area (Å²) in [5.74, 6) is 0.182. The molecule has 3 aromatic carbocycles. The van der Waals surface area contributed by atoms with Gasteiger partial charge in [-0.3, -0.25) is 9.59 Å². The number of ketones is 1. The SMILES string of the molecule is O=C(O)CC1CCC(c2ccc(-c3ccc4c(C(=O)c5ccccc5)c[nH]c4c3)cc2)CC1. The third-order valence-electron chi connectivity index (χ3n) is 6.99. The van der Waals surface area contributed by atoms with Crippen LogP contribution in [0.3, 0.4) is 0 Å². The van der Waals surface area contributed by atoms with E-state index in [9.17, 15) is 9.59 Å². The highest BCUT2D eigenvalue weighted by Gasteiger charge is 2.24. The third kappa shape index (κ3) is 4.47. The minimum absolute atomic E-state index is 0.0250. The lowest BCUT2D eigenvalue weighted by molar-refractivity contribution is -0.138. The molecule has 0 spiro atoms. The van der Waals surface area contributed by atoms with E-state index in [-0.39, 0.29) is 5.78 Å². The Bertz CT molecular complexity index is 1280. The molecular weight excluding hydrogens is 410 g/mol. The Morgan fingerprint density at radius 1 is 0.848 bits per heavy atom. The van der Waals surface area contributed by atoms with Gasteiger partial charge in [0, 0.05) is 34.6 Å². The van der Waals surface area contributed by atoms with E-state index in [0.717, 1.165) is 47.7 Å². The van der Waals surface area contributed by atoms with Crippen molar-refractivity contribution in [3.8, 4) is 11.1 Å². The van der Waals surface area contributed by atoms with Crippen molar-refractivity contribution in [3.63, 3.8) is 0 Å². The number of hydrogen-bond donors (Lipinski definition) is 2. The molecule has 1 heterocycles. The van der Waals surface area contributed by atoms with Gasteiger partial charge in [-0.15, -0.1) is 0 Å². The molecule has 166 valence electrons. The molecule has 0 bridgehead atoms. The van der Waals surface area contributed by atoms with Gasteiger partial charge in [-0.25, -0.2) is 0 Å². The molecule has 0 aliphatic heterocycles. The van der Waals surface area contributed by atoms with Crippen molar-refractivity contribution in [2.75, 3.05) is 0 Å². The van der Waals surface area contributed by atoms with Crippen LogP contribution in [0.25, 0.3) is 22.0 Å². The lowest BCUT2D eigenvalue weighted by Crippen LogP contribution is -2.16. The number of carboxylic acid groups (broad SMARTS) is 1. The van der Waals surface area contributed by atoms with E-state index in [4.69, 9.17) is 5.11 Å². The van der Waals surface area contributed by atoms with E-state index in [1.165, 1.54) is 5.56 Å².